The van der Waals surface area contributed by atoms with Crippen molar-refractivity contribution in [2.75, 3.05) is 11.9 Å². The van der Waals surface area contributed by atoms with Gasteiger partial charge in [-0.2, -0.15) is 0 Å². The van der Waals surface area contributed by atoms with Gasteiger partial charge in [-0.1, -0.05) is 41.9 Å². The van der Waals surface area contributed by atoms with E-state index in [2.05, 4.69) is 50.1 Å². The van der Waals surface area contributed by atoms with Gasteiger partial charge >= 0.3 is 0 Å². The number of hydrogen-bond acceptors (Lipinski definition) is 2. The van der Waals surface area contributed by atoms with Gasteiger partial charge < -0.3 is 10.6 Å². The Bertz CT molecular complexity index is 595. The molecule has 1 unspecified atom stereocenters. The van der Waals surface area contributed by atoms with Crippen molar-refractivity contribution in [3.8, 4) is 0 Å². The van der Waals surface area contributed by atoms with Crippen LogP contribution in [0.15, 0.2) is 42.5 Å². The van der Waals surface area contributed by atoms with Gasteiger partial charge in [0.15, 0.2) is 0 Å². The summed E-state index contributed by atoms with van der Waals surface area (Å²) < 4.78 is 0. The Hall–Kier alpha value is -1.51. The third-order valence-electron chi connectivity index (χ3n) is 3.81. The van der Waals surface area contributed by atoms with Crippen LogP contribution in [0.5, 0.6) is 0 Å². The molecule has 0 amide bonds. The van der Waals surface area contributed by atoms with Gasteiger partial charge in [0.1, 0.15) is 0 Å². The van der Waals surface area contributed by atoms with Gasteiger partial charge in [0.2, 0.25) is 0 Å². The fourth-order valence-corrected chi connectivity index (χ4v) is 2.77. The van der Waals surface area contributed by atoms with Crippen molar-refractivity contribution in [1.29, 1.82) is 0 Å². The number of benzene rings is 2. The highest BCUT2D eigenvalue weighted by Crippen LogP contribution is 2.31. The van der Waals surface area contributed by atoms with E-state index in [1.54, 1.807) is 0 Å². The molecule has 0 aliphatic heterocycles. The number of nitrogens with zero attached hydrogens (tertiary/aromatic N) is 1. The second-order valence-corrected chi connectivity index (χ2v) is 5.54. The zero-order valence-electron chi connectivity index (χ0n) is 12.2. The highest BCUT2D eigenvalue weighted by molar-refractivity contribution is 6.31. The molecule has 0 aromatic heterocycles. The normalized spacial score (nSPS) is 12.2. The number of rotatable bonds is 4. The Balaban J connectivity index is 2.31. The van der Waals surface area contributed by atoms with E-state index < -0.39 is 0 Å². The summed E-state index contributed by atoms with van der Waals surface area (Å²) in [6.45, 7) is 4.85. The summed E-state index contributed by atoms with van der Waals surface area (Å²) in [5.74, 6) is 0. The fraction of sp³-hybridized carbons (Fsp3) is 0.294. The Kier molecular flexibility index (Phi) is 4.69. The number of nitrogens with two attached hydrogens (primary N) is 1. The lowest BCUT2D eigenvalue weighted by Crippen LogP contribution is -2.22. The molecule has 3 heteroatoms. The van der Waals surface area contributed by atoms with Crippen molar-refractivity contribution in [3.05, 3.63) is 64.2 Å². The van der Waals surface area contributed by atoms with Crippen molar-refractivity contribution in [3.63, 3.8) is 0 Å². The summed E-state index contributed by atoms with van der Waals surface area (Å²) in [6, 6.07) is 14.6. The Morgan fingerprint density at radius 1 is 1.20 bits per heavy atom. The molecule has 0 fully saturated rings. The second-order valence-electron chi connectivity index (χ2n) is 5.13. The molecule has 2 aromatic rings. The van der Waals surface area contributed by atoms with E-state index in [0.29, 0.717) is 6.54 Å². The standard InChI is InChI=1S/C17H21ClN2/c1-12-10-14(11-19)8-9-17(12)20(3)13(2)15-6-4-5-7-16(15)18/h4-10,13H,11,19H2,1-3H3. The Morgan fingerprint density at radius 3 is 2.50 bits per heavy atom. The minimum Gasteiger partial charge on any atom is -0.368 e. The Labute approximate surface area is 126 Å². The molecule has 1 atom stereocenters. The maximum absolute atomic E-state index is 6.29. The molecule has 2 nitrogen and oxygen atoms in total. The molecule has 0 saturated heterocycles. The molecule has 0 aliphatic carbocycles. The van der Waals surface area contributed by atoms with Crippen molar-refractivity contribution in [1.82, 2.24) is 0 Å². The van der Waals surface area contributed by atoms with Crippen LogP contribution in [0.2, 0.25) is 5.02 Å². The van der Waals surface area contributed by atoms with Gasteiger partial charge in [-0.25, -0.2) is 0 Å². The van der Waals surface area contributed by atoms with E-state index in [0.717, 1.165) is 16.1 Å². The average molecular weight is 289 g/mol. The van der Waals surface area contributed by atoms with Crippen LogP contribution in [-0.2, 0) is 6.54 Å². The summed E-state index contributed by atoms with van der Waals surface area (Å²) in [5.41, 5.74) is 10.4. The van der Waals surface area contributed by atoms with Crippen LogP contribution in [0.1, 0.15) is 29.7 Å². The van der Waals surface area contributed by atoms with Crippen LogP contribution in [0.25, 0.3) is 0 Å². The molecule has 0 saturated carbocycles. The predicted octanol–water partition coefficient (Wildman–Crippen LogP) is 4.30. The maximum Gasteiger partial charge on any atom is 0.0525 e. The van der Waals surface area contributed by atoms with E-state index in [9.17, 15) is 0 Å². The summed E-state index contributed by atoms with van der Waals surface area (Å²) in [7, 11) is 2.10. The fourth-order valence-electron chi connectivity index (χ4n) is 2.47. The minimum atomic E-state index is 0.214. The molecule has 0 spiro atoms. The van der Waals surface area contributed by atoms with E-state index in [-0.39, 0.29) is 6.04 Å². The molecule has 0 radical (unpaired) electrons. The molecular weight excluding hydrogens is 268 g/mol. The van der Waals surface area contributed by atoms with E-state index in [1.807, 2.05) is 18.2 Å². The largest absolute Gasteiger partial charge is 0.368 e. The quantitative estimate of drug-likeness (QED) is 0.908. The van der Waals surface area contributed by atoms with Crippen LogP contribution in [0.4, 0.5) is 5.69 Å². The van der Waals surface area contributed by atoms with Crippen molar-refractivity contribution in [2.45, 2.75) is 26.4 Å². The third kappa shape index (κ3) is 2.97. The van der Waals surface area contributed by atoms with Crippen molar-refractivity contribution >= 4 is 17.3 Å². The van der Waals surface area contributed by atoms with Crippen LogP contribution < -0.4 is 10.6 Å². The number of anilines is 1. The molecule has 106 valence electrons. The first-order chi connectivity index (χ1) is 9.54. The van der Waals surface area contributed by atoms with Gasteiger partial charge in [0.25, 0.3) is 0 Å². The number of aryl methyl sites for hydroxylation is 1. The summed E-state index contributed by atoms with van der Waals surface area (Å²) in [5, 5.41) is 0.808. The first-order valence-electron chi connectivity index (χ1n) is 6.81. The van der Waals surface area contributed by atoms with Gasteiger partial charge in [-0.3, -0.25) is 0 Å². The van der Waals surface area contributed by atoms with E-state index >= 15 is 0 Å². The topological polar surface area (TPSA) is 29.3 Å². The molecule has 2 N–H and O–H groups in total. The van der Waals surface area contributed by atoms with Gasteiger partial charge in [-0.05, 0) is 42.7 Å². The highest BCUT2D eigenvalue weighted by atomic mass is 35.5. The first kappa shape index (κ1) is 14.9. The van der Waals surface area contributed by atoms with Crippen molar-refractivity contribution in [2.24, 2.45) is 5.73 Å². The lowest BCUT2D eigenvalue weighted by atomic mass is 10.0. The predicted molar refractivity (Wildman–Crippen MR) is 87.3 cm³/mol. The number of hydrogen-bond donors (Lipinski definition) is 1. The summed E-state index contributed by atoms with van der Waals surface area (Å²) >= 11 is 6.29. The minimum absolute atomic E-state index is 0.214. The van der Waals surface area contributed by atoms with E-state index in [1.165, 1.54) is 11.3 Å². The molecular formula is C17H21ClN2. The zero-order chi connectivity index (χ0) is 14.7. The molecule has 2 aromatic carbocycles. The zero-order valence-corrected chi connectivity index (χ0v) is 13.0. The maximum atomic E-state index is 6.29. The van der Waals surface area contributed by atoms with Crippen LogP contribution >= 0.6 is 11.6 Å². The summed E-state index contributed by atoms with van der Waals surface area (Å²) in [6.07, 6.45) is 0. The molecule has 2 rings (SSSR count). The smallest absolute Gasteiger partial charge is 0.0525 e. The average Bonchev–Trinajstić information content (AvgIpc) is 2.46. The molecule has 0 bridgehead atoms. The first-order valence-corrected chi connectivity index (χ1v) is 7.19. The molecule has 20 heavy (non-hydrogen) atoms. The van der Waals surface area contributed by atoms with Gasteiger partial charge in [0.05, 0.1) is 6.04 Å². The third-order valence-corrected chi connectivity index (χ3v) is 4.16. The molecule has 0 heterocycles. The van der Waals surface area contributed by atoms with Crippen LogP contribution in [0, 0.1) is 6.92 Å². The van der Waals surface area contributed by atoms with Crippen LogP contribution in [-0.4, -0.2) is 7.05 Å². The number of halogens is 1. The van der Waals surface area contributed by atoms with Gasteiger partial charge in [-0.15, -0.1) is 0 Å². The lowest BCUT2D eigenvalue weighted by molar-refractivity contribution is 0.737. The van der Waals surface area contributed by atoms with Crippen LogP contribution in [0.3, 0.4) is 0 Å². The monoisotopic (exact) mass is 288 g/mol. The van der Waals surface area contributed by atoms with Crippen molar-refractivity contribution < 1.29 is 0 Å². The lowest BCUT2D eigenvalue weighted by Gasteiger charge is -2.29. The highest BCUT2D eigenvalue weighted by Gasteiger charge is 2.16. The SMILES string of the molecule is Cc1cc(CN)ccc1N(C)C(C)c1ccccc1Cl. The second kappa shape index (κ2) is 6.29. The summed E-state index contributed by atoms with van der Waals surface area (Å²) in [4.78, 5) is 2.25. The van der Waals surface area contributed by atoms with E-state index in [4.69, 9.17) is 17.3 Å². The van der Waals surface area contributed by atoms with Gasteiger partial charge in [0, 0.05) is 24.3 Å². The molecule has 0 aliphatic rings. The Morgan fingerprint density at radius 2 is 1.90 bits per heavy atom.